The first-order valence-corrected chi connectivity index (χ1v) is 5.75. The summed E-state index contributed by atoms with van der Waals surface area (Å²) in [5.41, 5.74) is 1.29. The zero-order valence-corrected chi connectivity index (χ0v) is 10.6. The summed E-state index contributed by atoms with van der Waals surface area (Å²) >= 11 is 3.48. The summed E-state index contributed by atoms with van der Waals surface area (Å²) in [4.78, 5) is 0. The Morgan fingerprint density at radius 3 is 2.64 bits per heavy atom. The predicted molar refractivity (Wildman–Crippen MR) is 63.9 cm³/mol. The fourth-order valence-corrected chi connectivity index (χ4v) is 1.80. The number of methoxy groups -OCH3 is 1. The second-order valence-electron chi connectivity index (χ2n) is 3.89. The predicted octanol–water partition coefficient (Wildman–Crippen LogP) is 4.05. The molecule has 14 heavy (non-hydrogen) atoms. The van der Waals surface area contributed by atoms with Crippen LogP contribution in [0, 0.1) is 5.92 Å². The Kier molecular flexibility index (Phi) is 4.46. The molecule has 0 aliphatic rings. The molecule has 0 aliphatic carbocycles. The van der Waals surface area contributed by atoms with Crippen molar-refractivity contribution < 1.29 is 4.74 Å². The fourth-order valence-electron chi connectivity index (χ4n) is 1.39. The zero-order chi connectivity index (χ0) is 10.6. The Balaban J connectivity index is 2.77. The van der Waals surface area contributed by atoms with Gasteiger partial charge in [-0.15, -0.1) is 0 Å². The van der Waals surface area contributed by atoms with Crippen LogP contribution in [0.3, 0.4) is 0 Å². The maximum absolute atomic E-state index is 5.31. The zero-order valence-electron chi connectivity index (χ0n) is 9.01. The van der Waals surface area contributed by atoms with Crippen molar-refractivity contribution in [3.05, 3.63) is 28.2 Å². The van der Waals surface area contributed by atoms with Gasteiger partial charge in [0, 0.05) is 4.47 Å². The van der Waals surface area contributed by atoms with Crippen LogP contribution in [0.5, 0.6) is 5.75 Å². The van der Waals surface area contributed by atoms with E-state index in [1.54, 1.807) is 7.11 Å². The van der Waals surface area contributed by atoms with Gasteiger partial charge < -0.3 is 4.74 Å². The minimum atomic E-state index is 0.735. The minimum absolute atomic E-state index is 0.735. The number of benzene rings is 1. The van der Waals surface area contributed by atoms with E-state index in [0.717, 1.165) is 22.6 Å². The van der Waals surface area contributed by atoms with Crippen LogP contribution >= 0.6 is 15.9 Å². The van der Waals surface area contributed by atoms with Crippen LogP contribution in [0.25, 0.3) is 0 Å². The van der Waals surface area contributed by atoms with Gasteiger partial charge in [0.25, 0.3) is 0 Å². The molecule has 0 aliphatic heterocycles. The van der Waals surface area contributed by atoms with E-state index >= 15 is 0 Å². The van der Waals surface area contributed by atoms with Crippen molar-refractivity contribution >= 4 is 15.9 Å². The number of ether oxygens (including phenoxy) is 1. The minimum Gasteiger partial charge on any atom is -0.496 e. The summed E-state index contributed by atoms with van der Waals surface area (Å²) in [7, 11) is 1.72. The van der Waals surface area contributed by atoms with E-state index in [2.05, 4.69) is 35.8 Å². The molecule has 0 aromatic heterocycles. The van der Waals surface area contributed by atoms with Gasteiger partial charge in [-0.05, 0) is 42.5 Å². The Labute approximate surface area is 94.6 Å². The quantitative estimate of drug-likeness (QED) is 0.790. The number of halogens is 1. The van der Waals surface area contributed by atoms with Crippen LogP contribution in [0.2, 0.25) is 0 Å². The van der Waals surface area contributed by atoms with Gasteiger partial charge in [0.2, 0.25) is 0 Å². The summed E-state index contributed by atoms with van der Waals surface area (Å²) in [6, 6.07) is 6.17. The van der Waals surface area contributed by atoms with E-state index in [1.807, 2.05) is 12.1 Å². The van der Waals surface area contributed by atoms with Crippen LogP contribution < -0.4 is 4.74 Å². The lowest BCUT2D eigenvalue weighted by Crippen LogP contribution is -1.95. The summed E-state index contributed by atoms with van der Waals surface area (Å²) in [5.74, 6) is 1.73. The van der Waals surface area contributed by atoms with Crippen molar-refractivity contribution in [3.63, 3.8) is 0 Å². The van der Waals surface area contributed by atoms with Crippen molar-refractivity contribution in [2.24, 2.45) is 5.92 Å². The highest BCUT2D eigenvalue weighted by Crippen LogP contribution is 2.24. The van der Waals surface area contributed by atoms with E-state index in [-0.39, 0.29) is 0 Å². The summed E-state index contributed by atoms with van der Waals surface area (Å²) in [6.07, 6.45) is 2.28. The van der Waals surface area contributed by atoms with Crippen LogP contribution in [-0.4, -0.2) is 7.11 Å². The maximum atomic E-state index is 5.31. The molecular formula is C12H17BrO. The van der Waals surface area contributed by atoms with Crippen LogP contribution in [0.15, 0.2) is 22.7 Å². The van der Waals surface area contributed by atoms with Crippen LogP contribution in [0.4, 0.5) is 0 Å². The third-order valence-corrected chi connectivity index (χ3v) is 2.73. The third-order valence-electron chi connectivity index (χ3n) is 2.23. The van der Waals surface area contributed by atoms with Crippen molar-refractivity contribution in [1.82, 2.24) is 0 Å². The fraction of sp³-hybridized carbons (Fsp3) is 0.500. The number of hydrogen-bond donors (Lipinski definition) is 0. The summed E-state index contributed by atoms with van der Waals surface area (Å²) in [5, 5.41) is 0. The van der Waals surface area contributed by atoms with Gasteiger partial charge in [-0.25, -0.2) is 0 Å². The SMILES string of the molecule is COc1ccc(Br)cc1CCC(C)C. The normalized spacial score (nSPS) is 10.6. The second-order valence-corrected chi connectivity index (χ2v) is 4.80. The first-order chi connectivity index (χ1) is 6.63. The molecule has 0 N–H and O–H groups in total. The number of aryl methyl sites for hydroxylation is 1. The Hall–Kier alpha value is -0.500. The molecule has 0 heterocycles. The van der Waals surface area contributed by atoms with Gasteiger partial charge in [-0.2, -0.15) is 0 Å². The molecule has 1 aromatic carbocycles. The van der Waals surface area contributed by atoms with E-state index in [0.29, 0.717) is 0 Å². The van der Waals surface area contributed by atoms with E-state index in [1.165, 1.54) is 12.0 Å². The van der Waals surface area contributed by atoms with Crippen molar-refractivity contribution in [2.45, 2.75) is 26.7 Å². The molecular weight excluding hydrogens is 240 g/mol. The summed E-state index contributed by atoms with van der Waals surface area (Å²) in [6.45, 7) is 4.48. The Morgan fingerprint density at radius 1 is 1.36 bits per heavy atom. The first kappa shape index (κ1) is 11.6. The van der Waals surface area contributed by atoms with Crippen molar-refractivity contribution in [1.29, 1.82) is 0 Å². The molecule has 0 fully saturated rings. The molecule has 0 bridgehead atoms. The number of hydrogen-bond acceptors (Lipinski definition) is 1. The largest absolute Gasteiger partial charge is 0.496 e. The highest BCUT2D eigenvalue weighted by Gasteiger charge is 2.04. The molecule has 0 atom stereocenters. The first-order valence-electron chi connectivity index (χ1n) is 4.96. The smallest absolute Gasteiger partial charge is 0.122 e. The standard InChI is InChI=1S/C12H17BrO/c1-9(2)4-5-10-8-11(13)6-7-12(10)14-3/h6-9H,4-5H2,1-3H3. The van der Waals surface area contributed by atoms with Gasteiger partial charge >= 0.3 is 0 Å². The van der Waals surface area contributed by atoms with E-state index in [9.17, 15) is 0 Å². The molecule has 2 heteroatoms. The van der Waals surface area contributed by atoms with Crippen molar-refractivity contribution in [2.75, 3.05) is 7.11 Å². The van der Waals surface area contributed by atoms with Crippen LogP contribution in [0.1, 0.15) is 25.8 Å². The lowest BCUT2D eigenvalue weighted by Gasteiger charge is -2.10. The van der Waals surface area contributed by atoms with Gasteiger partial charge in [-0.1, -0.05) is 29.8 Å². The van der Waals surface area contributed by atoms with Gasteiger partial charge in [-0.3, -0.25) is 0 Å². The van der Waals surface area contributed by atoms with Gasteiger partial charge in [0.15, 0.2) is 0 Å². The van der Waals surface area contributed by atoms with Crippen LogP contribution in [-0.2, 0) is 6.42 Å². The highest BCUT2D eigenvalue weighted by atomic mass is 79.9. The average molecular weight is 257 g/mol. The molecule has 1 nitrogen and oxygen atoms in total. The molecule has 1 rings (SSSR count). The molecule has 0 saturated heterocycles. The molecule has 0 saturated carbocycles. The Bertz CT molecular complexity index is 294. The highest BCUT2D eigenvalue weighted by molar-refractivity contribution is 9.10. The molecule has 0 radical (unpaired) electrons. The average Bonchev–Trinajstić information content (AvgIpc) is 2.15. The number of rotatable bonds is 4. The monoisotopic (exact) mass is 256 g/mol. The summed E-state index contributed by atoms with van der Waals surface area (Å²) < 4.78 is 6.43. The molecule has 1 aromatic rings. The van der Waals surface area contributed by atoms with E-state index < -0.39 is 0 Å². The van der Waals surface area contributed by atoms with Gasteiger partial charge in [0.1, 0.15) is 5.75 Å². The molecule has 0 unspecified atom stereocenters. The molecule has 0 amide bonds. The third kappa shape index (κ3) is 3.33. The van der Waals surface area contributed by atoms with Crippen molar-refractivity contribution in [3.8, 4) is 5.75 Å². The molecule has 0 spiro atoms. The lowest BCUT2D eigenvalue weighted by molar-refractivity contribution is 0.407. The van der Waals surface area contributed by atoms with E-state index in [4.69, 9.17) is 4.74 Å². The topological polar surface area (TPSA) is 9.23 Å². The molecule has 78 valence electrons. The Morgan fingerprint density at radius 2 is 2.07 bits per heavy atom. The second kappa shape index (κ2) is 5.40. The maximum Gasteiger partial charge on any atom is 0.122 e. The lowest BCUT2D eigenvalue weighted by atomic mass is 10.0. The van der Waals surface area contributed by atoms with Gasteiger partial charge in [0.05, 0.1) is 7.11 Å².